The van der Waals surface area contributed by atoms with Crippen LogP contribution in [0.3, 0.4) is 0 Å². The van der Waals surface area contributed by atoms with Gasteiger partial charge in [-0.3, -0.25) is 14.4 Å². The van der Waals surface area contributed by atoms with Crippen molar-refractivity contribution >= 4 is 17.9 Å². The van der Waals surface area contributed by atoms with Gasteiger partial charge in [0.05, 0.1) is 0 Å². The Morgan fingerprint density at radius 3 is 0.772 bits per heavy atom. The van der Waals surface area contributed by atoms with Gasteiger partial charge in [-0.25, -0.2) is 0 Å². The Hall–Kier alpha value is -3.93. The first kappa shape index (κ1) is 75.1. The summed E-state index contributed by atoms with van der Waals surface area (Å²) in [4.78, 5) is 38.2. The summed E-state index contributed by atoms with van der Waals surface area (Å²) in [5, 5.41) is 0. The van der Waals surface area contributed by atoms with Crippen molar-refractivity contribution in [1.29, 1.82) is 0 Å². The van der Waals surface area contributed by atoms with Gasteiger partial charge in [0.1, 0.15) is 13.2 Å². The highest BCUT2D eigenvalue weighted by Crippen LogP contribution is 2.17. The average molecular weight is 1100 g/mol. The quantitative estimate of drug-likeness (QED) is 0.0261. The van der Waals surface area contributed by atoms with Crippen LogP contribution in [0.4, 0.5) is 0 Å². The first-order valence-corrected chi connectivity index (χ1v) is 33.4. The Morgan fingerprint density at radius 1 is 0.266 bits per heavy atom. The summed E-state index contributed by atoms with van der Waals surface area (Å²) >= 11 is 0. The summed E-state index contributed by atoms with van der Waals surface area (Å²) in [6.07, 6.45) is 91.2. The van der Waals surface area contributed by atoms with Crippen LogP contribution >= 0.6 is 0 Å². The highest BCUT2D eigenvalue weighted by Gasteiger charge is 2.19. The second-order valence-electron chi connectivity index (χ2n) is 22.0. The van der Waals surface area contributed by atoms with Crippen LogP contribution < -0.4 is 0 Å². The Balaban J connectivity index is 4.20. The summed E-state index contributed by atoms with van der Waals surface area (Å²) < 4.78 is 16.9. The molecule has 0 aliphatic rings. The summed E-state index contributed by atoms with van der Waals surface area (Å²) in [5.74, 6) is -0.894. The molecular weight excluding hydrogens is 973 g/mol. The minimum atomic E-state index is -0.783. The second-order valence-corrected chi connectivity index (χ2v) is 22.0. The number of hydrogen-bond donors (Lipinski definition) is 0. The molecule has 1 unspecified atom stereocenters. The Kier molecular flexibility index (Phi) is 63.3. The van der Waals surface area contributed by atoms with E-state index in [2.05, 4.69) is 130 Å². The second kappa shape index (κ2) is 66.6. The van der Waals surface area contributed by atoms with Crippen molar-refractivity contribution < 1.29 is 28.6 Å². The van der Waals surface area contributed by atoms with Crippen molar-refractivity contribution in [2.45, 2.75) is 322 Å². The van der Waals surface area contributed by atoms with Crippen molar-refractivity contribution in [2.75, 3.05) is 13.2 Å². The van der Waals surface area contributed by atoms with Crippen LogP contribution in [0.1, 0.15) is 316 Å². The van der Waals surface area contributed by atoms with Crippen molar-refractivity contribution in [3.63, 3.8) is 0 Å². The maximum atomic E-state index is 12.9. The lowest BCUT2D eigenvalue weighted by molar-refractivity contribution is -0.167. The van der Waals surface area contributed by atoms with Crippen molar-refractivity contribution in [3.05, 3.63) is 109 Å². The van der Waals surface area contributed by atoms with Gasteiger partial charge in [0.25, 0.3) is 0 Å². The van der Waals surface area contributed by atoms with Gasteiger partial charge in [-0.2, -0.15) is 0 Å². The number of rotatable bonds is 60. The molecule has 0 spiro atoms. The van der Waals surface area contributed by atoms with Gasteiger partial charge in [-0.1, -0.05) is 316 Å². The van der Waals surface area contributed by atoms with Gasteiger partial charge in [-0.05, 0) is 89.9 Å². The van der Waals surface area contributed by atoms with E-state index in [1.54, 1.807) is 0 Å². The van der Waals surface area contributed by atoms with Crippen LogP contribution in [0.25, 0.3) is 0 Å². The van der Waals surface area contributed by atoms with Gasteiger partial charge in [0.2, 0.25) is 0 Å². The highest BCUT2D eigenvalue weighted by molar-refractivity contribution is 5.71. The van der Waals surface area contributed by atoms with Crippen molar-refractivity contribution in [3.8, 4) is 0 Å². The van der Waals surface area contributed by atoms with Gasteiger partial charge >= 0.3 is 17.9 Å². The molecule has 0 aliphatic heterocycles. The lowest BCUT2D eigenvalue weighted by Gasteiger charge is -2.18. The van der Waals surface area contributed by atoms with Gasteiger partial charge in [0.15, 0.2) is 6.10 Å². The monoisotopic (exact) mass is 1100 g/mol. The lowest BCUT2D eigenvalue weighted by atomic mass is 10.0. The van der Waals surface area contributed by atoms with E-state index in [0.717, 1.165) is 135 Å². The molecule has 0 bridgehead atoms. The van der Waals surface area contributed by atoms with Gasteiger partial charge in [0, 0.05) is 19.3 Å². The molecule has 0 aromatic heterocycles. The van der Waals surface area contributed by atoms with Crippen molar-refractivity contribution in [1.82, 2.24) is 0 Å². The molecule has 0 aromatic rings. The summed E-state index contributed by atoms with van der Waals surface area (Å²) in [5.41, 5.74) is 0. The molecule has 6 nitrogen and oxygen atoms in total. The maximum absolute atomic E-state index is 12.9. The first-order valence-electron chi connectivity index (χ1n) is 33.4. The molecule has 0 heterocycles. The van der Waals surface area contributed by atoms with E-state index in [4.69, 9.17) is 14.2 Å². The van der Waals surface area contributed by atoms with E-state index in [-0.39, 0.29) is 31.1 Å². The van der Waals surface area contributed by atoms with Crippen LogP contribution in [0.15, 0.2) is 109 Å². The van der Waals surface area contributed by atoms with E-state index in [0.29, 0.717) is 19.3 Å². The fraction of sp³-hybridized carbons (Fsp3) is 0.712. The average Bonchev–Trinajstić information content (AvgIpc) is 3.45. The molecule has 0 saturated carbocycles. The van der Waals surface area contributed by atoms with E-state index in [9.17, 15) is 14.4 Å². The number of allylic oxidation sites excluding steroid dienone is 18. The molecule has 0 aromatic carbocycles. The smallest absolute Gasteiger partial charge is 0.306 e. The first-order chi connectivity index (χ1) is 39.0. The SMILES string of the molecule is CC/C=C\C/C=C\C/C=C\C/C=C\C/C=C\C/C=C\C/C=C\C/C=C\C/C=C\CCCCCCCC(=O)OCC(COC(=O)CCCCCCCCCC)OC(=O)CCCCCCCCCCCCCCCCCCCCCC. The number of ether oxygens (including phenoxy) is 3. The summed E-state index contributed by atoms with van der Waals surface area (Å²) in [7, 11) is 0. The minimum Gasteiger partial charge on any atom is -0.462 e. The van der Waals surface area contributed by atoms with Crippen LogP contribution in [0.2, 0.25) is 0 Å². The van der Waals surface area contributed by atoms with E-state index in [1.165, 1.54) is 141 Å². The molecule has 0 fully saturated rings. The lowest BCUT2D eigenvalue weighted by Crippen LogP contribution is -2.30. The number of unbranched alkanes of at least 4 members (excludes halogenated alkanes) is 31. The molecular formula is C73H124O6. The number of carbonyl (C=O) groups is 3. The summed E-state index contributed by atoms with van der Waals surface area (Å²) in [6.45, 7) is 6.51. The zero-order chi connectivity index (χ0) is 57.1. The van der Waals surface area contributed by atoms with Gasteiger partial charge < -0.3 is 14.2 Å². The van der Waals surface area contributed by atoms with Gasteiger partial charge in [-0.15, -0.1) is 0 Å². The molecule has 1 atom stereocenters. The third kappa shape index (κ3) is 64.8. The molecule has 0 radical (unpaired) electrons. The number of carbonyl (C=O) groups excluding carboxylic acids is 3. The molecule has 0 aliphatic carbocycles. The Labute approximate surface area is 489 Å². The predicted octanol–water partition coefficient (Wildman–Crippen LogP) is 23.0. The van der Waals surface area contributed by atoms with Crippen molar-refractivity contribution in [2.24, 2.45) is 0 Å². The zero-order valence-electron chi connectivity index (χ0n) is 51.9. The normalized spacial score (nSPS) is 12.8. The van der Waals surface area contributed by atoms with Crippen LogP contribution in [-0.4, -0.2) is 37.2 Å². The highest BCUT2D eigenvalue weighted by atomic mass is 16.6. The van der Waals surface area contributed by atoms with E-state index in [1.807, 2.05) is 0 Å². The van der Waals surface area contributed by atoms with Crippen LogP contribution in [-0.2, 0) is 28.6 Å². The maximum Gasteiger partial charge on any atom is 0.306 e. The van der Waals surface area contributed by atoms with E-state index >= 15 is 0 Å². The molecule has 0 saturated heterocycles. The molecule has 79 heavy (non-hydrogen) atoms. The van der Waals surface area contributed by atoms with Crippen LogP contribution in [0, 0.1) is 0 Å². The van der Waals surface area contributed by atoms with E-state index < -0.39 is 6.10 Å². The molecule has 452 valence electrons. The minimum absolute atomic E-state index is 0.0808. The standard InChI is InChI=1S/C73H124O6/c1-4-7-10-13-16-19-21-23-25-27-29-31-32-33-34-35-36-37-38-39-40-41-42-43-45-46-48-50-52-54-57-60-63-66-72(75)78-69-70(68-77-71(74)65-62-59-56-18-15-12-9-6-3)79-73(76)67-64-61-58-55-53-51-49-47-44-30-28-26-24-22-20-17-14-11-8-5-2/h7,10,16,19,23,25,29,31,33-34,36-37,39-40,42-43,46,48,70H,4-6,8-9,11-15,17-18,20-22,24,26-28,30,32,35,38,41,44-45,47,49-69H2,1-3H3/b10-7-,19-16-,25-23-,31-29-,34-33-,37-36-,40-39-,43-42-,48-46-. The molecule has 0 amide bonds. The predicted molar refractivity (Wildman–Crippen MR) is 343 cm³/mol. The fourth-order valence-electron chi connectivity index (χ4n) is 9.32. The molecule has 0 N–H and O–H groups in total. The topological polar surface area (TPSA) is 78.9 Å². The zero-order valence-corrected chi connectivity index (χ0v) is 51.9. The fourth-order valence-corrected chi connectivity index (χ4v) is 9.32. The summed E-state index contributed by atoms with van der Waals surface area (Å²) in [6, 6.07) is 0. The third-order valence-corrected chi connectivity index (χ3v) is 14.3. The molecule has 6 heteroatoms. The molecule has 0 rings (SSSR count). The third-order valence-electron chi connectivity index (χ3n) is 14.3. The number of esters is 3. The van der Waals surface area contributed by atoms with Crippen LogP contribution in [0.5, 0.6) is 0 Å². The number of hydrogen-bond acceptors (Lipinski definition) is 6. The Morgan fingerprint density at radius 2 is 0.494 bits per heavy atom. The Bertz CT molecular complexity index is 1590. The largest absolute Gasteiger partial charge is 0.462 e.